The van der Waals surface area contributed by atoms with Gasteiger partial charge in [0.25, 0.3) is 10.1 Å². The van der Waals surface area contributed by atoms with E-state index in [-0.39, 0.29) is 0 Å². The van der Waals surface area contributed by atoms with Crippen molar-refractivity contribution >= 4 is 10.1 Å². The summed E-state index contributed by atoms with van der Waals surface area (Å²) in [6, 6.07) is 0. The molecule has 0 radical (unpaired) electrons. The monoisotopic (exact) mass is 176 g/mol. The molecule has 2 fully saturated rings. The molecule has 0 aromatic rings. The Morgan fingerprint density at radius 2 is 2.27 bits per heavy atom. The Kier molecular flexibility index (Phi) is 1.36. The molecule has 2 atom stereocenters. The maximum absolute atomic E-state index is 11.2. The van der Waals surface area contributed by atoms with E-state index in [2.05, 4.69) is 4.18 Å². The highest BCUT2D eigenvalue weighted by Gasteiger charge is 2.59. The van der Waals surface area contributed by atoms with Crippen molar-refractivity contribution in [3.05, 3.63) is 0 Å². The first kappa shape index (κ1) is 7.55. The van der Waals surface area contributed by atoms with E-state index in [9.17, 15) is 8.42 Å². The van der Waals surface area contributed by atoms with Gasteiger partial charge in [-0.3, -0.25) is 4.18 Å². The van der Waals surface area contributed by atoms with Crippen LogP contribution in [0.3, 0.4) is 0 Å². The van der Waals surface area contributed by atoms with Crippen molar-refractivity contribution in [1.29, 1.82) is 0 Å². The van der Waals surface area contributed by atoms with Crippen LogP contribution in [0.2, 0.25) is 0 Å². The second kappa shape index (κ2) is 1.98. The lowest BCUT2D eigenvalue weighted by Crippen LogP contribution is -2.55. The van der Waals surface area contributed by atoms with Gasteiger partial charge in [-0.15, -0.1) is 0 Å². The molecular formula is C7H12O3S. The molecular weight excluding hydrogens is 164 g/mol. The Balaban J connectivity index is 2.37. The van der Waals surface area contributed by atoms with Crippen LogP contribution < -0.4 is 0 Å². The second-order valence-corrected chi connectivity index (χ2v) is 5.53. The molecule has 1 aliphatic carbocycles. The summed E-state index contributed by atoms with van der Waals surface area (Å²) in [6.45, 7) is 2.43. The zero-order valence-electron chi connectivity index (χ0n) is 6.54. The first-order valence-electron chi connectivity index (χ1n) is 3.97. The molecule has 0 bridgehead atoms. The predicted molar refractivity (Wildman–Crippen MR) is 40.6 cm³/mol. The lowest BCUT2D eigenvalue weighted by Gasteiger charge is -2.39. The molecule has 1 saturated heterocycles. The van der Waals surface area contributed by atoms with Gasteiger partial charge in [-0.1, -0.05) is 13.3 Å². The number of hydrogen-bond acceptors (Lipinski definition) is 3. The van der Waals surface area contributed by atoms with E-state index in [1.54, 1.807) is 0 Å². The topological polar surface area (TPSA) is 43.4 Å². The molecule has 3 nitrogen and oxygen atoms in total. The molecule has 0 aromatic heterocycles. The average molecular weight is 176 g/mol. The van der Waals surface area contributed by atoms with Gasteiger partial charge in [0, 0.05) is 0 Å². The van der Waals surface area contributed by atoms with Crippen LogP contribution in [0.5, 0.6) is 0 Å². The fourth-order valence-corrected chi connectivity index (χ4v) is 3.73. The summed E-state index contributed by atoms with van der Waals surface area (Å²) >= 11 is 0. The lowest BCUT2D eigenvalue weighted by molar-refractivity contribution is 0.158. The molecule has 64 valence electrons. The average Bonchev–Trinajstić information content (AvgIpc) is 2.31. The zero-order chi connectivity index (χ0) is 8.11. The Morgan fingerprint density at radius 1 is 1.55 bits per heavy atom. The summed E-state index contributed by atoms with van der Waals surface area (Å²) in [5, 5.41) is 0. The normalized spacial score (nSPS) is 47.5. The van der Waals surface area contributed by atoms with Crippen LogP contribution in [0.1, 0.15) is 26.2 Å². The van der Waals surface area contributed by atoms with E-state index in [1.807, 2.05) is 6.92 Å². The van der Waals surface area contributed by atoms with Crippen LogP contribution in [0, 0.1) is 5.92 Å². The quantitative estimate of drug-likeness (QED) is 0.515. The minimum absolute atomic E-state index is 0.293. The highest BCUT2D eigenvalue weighted by atomic mass is 32.2. The third-order valence-electron chi connectivity index (χ3n) is 3.09. The lowest BCUT2D eigenvalue weighted by atomic mass is 9.98. The number of rotatable bonds is 0. The highest BCUT2D eigenvalue weighted by molar-refractivity contribution is 7.89. The first-order chi connectivity index (χ1) is 5.08. The van der Waals surface area contributed by atoms with E-state index in [1.165, 1.54) is 0 Å². The maximum Gasteiger partial charge on any atom is 0.275 e. The van der Waals surface area contributed by atoms with E-state index in [0.29, 0.717) is 12.5 Å². The summed E-state index contributed by atoms with van der Waals surface area (Å²) in [6.07, 6.45) is 2.86. The molecule has 0 aromatic carbocycles. The highest BCUT2D eigenvalue weighted by Crippen LogP contribution is 2.48. The van der Waals surface area contributed by atoms with Gasteiger partial charge < -0.3 is 0 Å². The largest absolute Gasteiger partial charge is 0.275 e. The predicted octanol–water partition coefficient (Wildman–Crippen LogP) is 0.905. The molecule has 1 spiro atoms. The van der Waals surface area contributed by atoms with E-state index < -0.39 is 14.9 Å². The van der Waals surface area contributed by atoms with Gasteiger partial charge in [-0.2, -0.15) is 8.42 Å². The molecule has 1 heterocycles. The summed E-state index contributed by atoms with van der Waals surface area (Å²) < 4.78 is 26.6. The third kappa shape index (κ3) is 0.742. The Labute approximate surface area is 66.9 Å². The molecule has 4 heteroatoms. The van der Waals surface area contributed by atoms with Crippen LogP contribution in [-0.2, 0) is 14.3 Å². The summed E-state index contributed by atoms with van der Waals surface area (Å²) in [7, 11) is -3.17. The van der Waals surface area contributed by atoms with Crippen LogP contribution in [0.25, 0.3) is 0 Å². The molecule has 2 rings (SSSR count). The summed E-state index contributed by atoms with van der Waals surface area (Å²) in [5.74, 6) is 0.293. The van der Waals surface area contributed by atoms with Crippen molar-refractivity contribution in [1.82, 2.24) is 0 Å². The van der Waals surface area contributed by atoms with E-state index >= 15 is 0 Å². The molecule has 1 aliphatic heterocycles. The second-order valence-electron chi connectivity index (χ2n) is 3.57. The Hall–Kier alpha value is -0.0900. The third-order valence-corrected chi connectivity index (χ3v) is 5.24. The van der Waals surface area contributed by atoms with Gasteiger partial charge in [0.05, 0.1) is 6.61 Å². The SMILES string of the molecule is CC1CCCC12COS2(=O)=O. The molecule has 2 aliphatic rings. The molecule has 0 N–H and O–H groups in total. The van der Waals surface area contributed by atoms with Gasteiger partial charge in [0.2, 0.25) is 0 Å². The van der Waals surface area contributed by atoms with Crippen molar-refractivity contribution in [2.45, 2.75) is 30.9 Å². The summed E-state index contributed by atoms with van der Waals surface area (Å²) in [5.41, 5.74) is 0. The van der Waals surface area contributed by atoms with E-state index in [0.717, 1.165) is 19.3 Å². The van der Waals surface area contributed by atoms with Gasteiger partial charge in [-0.05, 0) is 18.8 Å². The maximum atomic E-state index is 11.2. The van der Waals surface area contributed by atoms with Crippen molar-refractivity contribution in [2.24, 2.45) is 5.92 Å². The van der Waals surface area contributed by atoms with Crippen LogP contribution in [0.4, 0.5) is 0 Å². The van der Waals surface area contributed by atoms with Gasteiger partial charge >= 0.3 is 0 Å². The fourth-order valence-electron chi connectivity index (χ4n) is 2.11. The molecule has 2 unspecified atom stereocenters. The standard InChI is InChI=1S/C7H12O3S/c1-6-3-2-4-7(6)5-10-11(7,8)9/h6H,2-5H2,1H3. The van der Waals surface area contributed by atoms with Crippen molar-refractivity contribution in [3.63, 3.8) is 0 Å². The smallest absolute Gasteiger partial charge is 0.268 e. The van der Waals surface area contributed by atoms with Crippen molar-refractivity contribution < 1.29 is 12.6 Å². The van der Waals surface area contributed by atoms with Crippen molar-refractivity contribution in [3.8, 4) is 0 Å². The fraction of sp³-hybridized carbons (Fsp3) is 1.00. The van der Waals surface area contributed by atoms with E-state index in [4.69, 9.17) is 0 Å². The molecule has 0 amide bonds. The van der Waals surface area contributed by atoms with Crippen molar-refractivity contribution in [2.75, 3.05) is 6.61 Å². The Morgan fingerprint density at radius 3 is 2.45 bits per heavy atom. The number of hydrogen-bond donors (Lipinski definition) is 0. The van der Waals surface area contributed by atoms with Gasteiger partial charge in [0.1, 0.15) is 4.75 Å². The Bertz CT molecular complexity index is 269. The summed E-state index contributed by atoms with van der Waals surface area (Å²) in [4.78, 5) is 0. The zero-order valence-corrected chi connectivity index (χ0v) is 7.36. The minimum Gasteiger partial charge on any atom is -0.268 e. The van der Waals surface area contributed by atoms with Gasteiger partial charge in [-0.25, -0.2) is 0 Å². The molecule has 11 heavy (non-hydrogen) atoms. The van der Waals surface area contributed by atoms with Crippen LogP contribution in [0.15, 0.2) is 0 Å². The minimum atomic E-state index is -3.17. The van der Waals surface area contributed by atoms with Crippen LogP contribution in [-0.4, -0.2) is 19.8 Å². The molecule has 1 saturated carbocycles. The first-order valence-corrected chi connectivity index (χ1v) is 5.38. The van der Waals surface area contributed by atoms with Crippen LogP contribution >= 0.6 is 0 Å². The van der Waals surface area contributed by atoms with Gasteiger partial charge in [0.15, 0.2) is 0 Å².